The Morgan fingerprint density at radius 1 is 1.41 bits per heavy atom. The number of rotatable bonds is 7. The minimum Gasteiger partial charge on any atom is -0.377 e. The summed E-state index contributed by atoms with van der Waals surface area (Å²) in [7, 11) is 0. The molecule has 2 atom stereocenters. The van der Waals surface area contributed by atoms with Gasteiger partial charge in [-0.1, -0.05) is 13.8 Å². The molecule has 1 aliphatic rings. The lowest BCUT2D eigenvalue weighted by Gasteiger charge is -2.16. The third-order valence-electron chi connectivity index (χ3n) is 4.32. The number of halogens is 3. The Labute approximate surface area is 157 Å². The highest BCUT2D eigenvalue weighted by Gasteiger charge is 2.34. The summed E-state index contributed by atoms with van der Waals surface area (Å²) >= 11 is 0. The van der Waals surface area contributed by atoms with Crippen LogP contribution >= 0.6 is 0 Å². The summed E-state index contributed by atoms with van der Waals surface area (Å²) in [5, 5.41) is 5.68. The third-order valence-corrected chi connectivity index (χ3v) is 4.32. The lowest BCUT2D eigenvalue weighted by molar-refractivity contribution is -0.141. The molecule has 1 saturated heterocycles. The first-order valence-electron chi connectivity index (χ1n) is 9.02. The van der Waals surface area contributed by atoms with E-state index in [1.807, 2.05) is 0 Å². The summed E-state index contributed by atoms with van der Waals surface area (Å²) in [4.78, 5) is 19.5. The van der Waals surface area contributed by atoms with Gasteiger partial charge in [-0.2, -0.15) is 13.2 Å². The molecule has 0 aliphatic carbocycles. The number of aryl methyl sites for hydroxylation is 1. The predicted octanol–water partition coefficient (Wildman–Crippen LogP) is 3.32. The highest BCUT2D eigenvalue weighted by molar-refractivity contribution is 5.76. The number of alkyl halides is 3. The van der Waals surface area contributed by atoms with Crippen molar-refractivity contribution < 1.29 is 22.7 Å². The second-order valence-electron chi connectivity index (χ2n) is 7.91. The van der Waals surface area contributed by atoms with E-state index in [-0.39, 0.29) is 35.1 Å². The van der Waals surface area contributed by atoms with E-state index in [2.05, 4.69) is 34.4 Å². The Kier molecular flexibility index (Phi) is 6.67. The number of aromatic nitrogens is 2. The van der Waals surface area contributed by atoms with Gasteiger partial charge < -0.3 is 15.4 Å². The van der Waals surface area contributed by atoms with Crippen LogP contribution in [0.15, 0.2) is 6.07 Å². The van der Waals surface area contributed by atoms with Crippen molar-refractivity contribution in [1.29, 1.82) is 0 Å². The maximum atomic E-state index is 12.8. The standard InChI is InChI=1S/C18H27F3N4O2/c1-11(23-16-24-12(2)7-14(25-16)18(19,20)21)5-6-22-15(26)8-13-9-17(3,4)10-27-13/h7,11,13H,5-6,8-10H2,1-4H3,(H,22,26)(H,23,24,25)/t11-,13?/m0/s1. The molecule has 0 saturated carbocycles. The lowest BCUT2D eigenvalue weighted by atomic mass is 9.90. The van der Waals surface area contributed by atoms with Crippen LogP contribution in [0.25, 0.3) is 0 Å². The summed E-state index contributed by atoms with van der Waals surface area (Å²) in [6.45, 7) is 8.56. The van der Waals surface area contributed by atoms with Gasteiger partial charge in [0.05, 0.1) is 19.1 Å². The van der Waals surface area contributed by atoms with E-state index in [1.165, 1.54) is 6.92 Å². The quantitative estimate of drug-likeness (QED) is 0.749. The van der Waals surface area contributed by atoms with Gasteiger partial charge in [-0.3, -0.25) is 4.79 Å². The van der Waals surface area contributed by atoms with Crippen LogP contribution in [0.4, 0.5) is 19.1 Å². The fourth-order valence-corrected chi connectivity index (χ4v) is 2.99. The maximum Gasteiger partial charge on any atom is 0.433 e. The molecule has 0 aromatic carbocycles. The molecule has 2 N–H and O–H groups in total. The molecule has 2 heterocycles. The van der Waals surface area contributed by atoms with Crippen molar-refractivity contribution in [3.05, 3.63) is 17.5 Å². The second-order valence-corrected chi connectivity index (χ2v) is 7.91. The summed E-state index contributed by atoms with van der Waals surface area (Å²) in [6.07, 6.45) is -2.87. The van der Waals surface area contributed by atoms with Crippen LogP contribution in [0.5, 0.6) is 0 Å². The summed E-state index contributed by atoms with van der Waals surface area (Å²) in [6, 6.07) is 0.706. The number of hydrogen-bond donors (Lipinski definition) is 2. The van der Waals surface area contributed by atoms with E-state index < -0.39 is 11.9 Å². The number of ether oxygens (including phenoxy) is 1. The first-order valence-corrected chi connectivity index (χ1v) is 9.02. The molecule has 9 heteroatoms. The Bertz CT molecular complexity index is 664. The highest BCUT2D eigenvalue weighted by atomic mass is 19.4. The van der Waals surface area contributed by atoms with E-state index in [0.717, 1.165) is 12.5 Å². The Morgan fingerprint density at radius 3 is 2.70 bits per heavy atom. The van der Waals surface area contributed by atoms with Gasteiger partial charge in [-0.05, 0) is 38.2 Å². The zero-order chi connectivity index (χ0) is 20.2. The first kappa shape index (κ1) is 21.4. The number of hydrogen-bond acceptors (Lipinski definition) is 5. The maximum absolute atomic E-state index is 12.8. The molecule has 1 aliphatic heterocycles. The molecule has 0 radical (unpaired) electrons. The van der Waals surface area contributed by atoms with Gasteiger partial charge in [0.1, 0.15) is 5.69 Å². The van der Waals surface area contributed by atoms with Crippen LogP contribution in [-0.4, -0.2) is 41.2 Å². The van der Waals surface area contributed by atoms with Crippen LogP contribution in [0.2, 0.25) is 0 Å². The smallest absolute Gasteiger partial charge is 0.377 e. The number of nitrogens with zero attached hydrogens (tertiary/aromatic N) is 2. The molecule has 1 fully saturated rings. The minimum absolute atomic E-state index is 0.0583. The molecular weight excluding hydrogens is 361 g/mol. The lowest BCUT2D eigenvalue weighted by Crippen LogP contribution is -2.31. The van der Waals surface area contributed by atoms with Gasteiger partial charge in [0.15, 0.2) is 0 Å². The fourth-order valence-electron chi connectivity index (χ4n) is 2.99. The SMILES string of the molecule is Cc1cc(C(F)(F)F)nc(N[C@@H](C)CCNC(=O)CC2CC(C)(C)CO2)n1. The molecule has 0 spiro atoms. The fraction of sp³-hybridized carbons (Fsp3) is 0.722. The molecule has 1 amide bonds. The van der Waals surface area contributed by atoms with Gasteiger partial charge in [0, 0.05) is 18.3 Å². The van der Waals surface area contributed by atoms with Crippen molar-refractivity contribution in [3.63, 3.8) is 0 Å². The third kappa shape index (κ3) is 6.97. The molecule has 1 unspecified atom stereocenters. The van der Waals surface area contributed by atoms with Crippen molar-refractivity contribution in [2.75, 3.05) is 18.5 Å². The minimum atomic E-state index is -4.52. The number of anilines is 1. The molecule has 152 valence electrons. The Morgan fingerprint density at radius 2 is 2.11 bits per heavy atom. The number of amides is 1. The topological polar surface area (TPSA) is 76.1 Å². The van der Waals surface area contributed by atoms with Crippen molar-refractivity contribution >= 4 is 11.9 Å². The van der Waals surface area contributed by atoms with Crippen LogP contribution in [0, 0.1) is 12.3 Å². The number of carbonyl (C=O) groups is 1. The first-order chi connectivity index (χ1) is 12.4. The summed E-state index contributed by atoms with van der Waals surface area (Å²) in [5.74, 6) is -0.154. The molecule has 27 heavy (non-hydrogen) atoms. The van der Waals surface area contributed by atoms with Crippen LogP contribution in [0.3, 0.4) is 0 Å². The van der Waals surface area contributed by atoms with Gasteiger partial charge in [0.25, 0.3) is 0 Å². The van der Waals surface area contributed by atoms with Gasteiger partial charge in [-0.25, -0.2) is 9.97 Å². The van der Waals surface area contributed by atoms with Crippen molar-refractivity contribution in [3.8, 4) is 0 Å². The van der Waals surface area contributed by atoms with E-state index in [9.17, 15) is 18.0 Å². The van der Waals surface area contributed by atoms with E-state index in [0.29, 0.717) is 26.0 Å². The molecule has 0 bridgehead atoms. The predicted molar refractivity (Wildman–Crippen MR) is 95.2 cm³/mol. The summed E-state index contributed by atoms with van der Waals surface area (Å²) < 4.78 is 44.1. The molecule has 6 nitrogen and oxygen atoms in total. The monoisotopic (exact) mass is 388 g/mol. The van der Waals surface area contributed by atoms with Crippen molar-refractivity contribution in [2.24, 2.45) is 5.41 Å². The molecule has 1 aromatic heterocycles. The average Bonchev–Trinajstić information content (AvgIpc) is 2.84. The molecule has 2 rings (SSSR count). The Balaban J connectivity index is 1.76. The second kappa shape index (κ2) is 8.41. The van der Waals surface area contributed by atoms with Gasteiger partial charge in [0.2, 0.25) is 11.9 Å². The molecular formula is C18H27F3N4O2. The Hall–Kier alpha value is -1.90. The van der Waals surface area contributed by atoms with Crippen LogP contribution < -0.4 is 10.6 Å². The molecule has 1 aromatic rings. The zero-order valence-electron chi connectivity index (χ0n) is 16.1. The van der Waals surface area contributed by atoms with Crippen molar-refractivity contribution in [2.45, 2.75) is 65.3 Å². The van der Waals surface area contributed by atoms with Gasteiger partial charge in [-0.15, -0.1) is 0 Å². The number of carbonyl (C=O) groups excluding carboxylic acids is 1. The summed E-state index contributed by atoms with van der Waals surface area (Å²) in [5.41, 5.74) is -0.635. The largest absolute Gasteiger partial charge is 0.433 e. The van der Waals surface area contributed by atoms with E-state index in [4.69, 9.17) is 4.74 Å². The highest BCUT2D eigenvalue weighted by Crippen LogP contribution is 2.32. The van der Waals surface area contributed by atoms with Crippen LogP contribution in [-0.2, 0) is 15.7 Å². The van der Waals surface area contributed by atoms with Gasteiger partial charge >= 0.3 is 6.18 Å². The van der Waals surface area contributed by atoms with Crippen molar-refractivity contribution in [1.82, 2.24) is 15.3 Å². The van der Waals surface area contributed by atoms with E-state index >= 15 is 0 Å². The zero-order valence-corrected chi connectivity index (χ0v) is 16.1. The van der Waals surface area contributed by atoms with E-state index in [1.54, 1.807) is 6.92 Å². The number of nitrogens with one attached hydrogen (secondary N) is 2. The normalized spacial score (nSPS) is 20.3. The average molecular weight is 388 g/mol. The van der Waals surface area contributed by atoms with Crippen LogP contribution in [0.1, 0.15) is 51.4 Å².